The molecule has 2 aliphatic heterocycles. The number of para-hydroxylation sites is 1. The average Bonchev–Trinajstić information content (AvgIpc) is 2.83. The largest absolute Gasteiger partial charge is 0.495 e. The number of cyclic esters (lactones) is 1. The van der Waals surface area contributed by atoms with Crippen molar-refractivity contribution in [1.82, 2.24) is 4.31 Å². The Morgan fingerprint density at radius 2 is 1.76 bits per heavy atom. The topological polar surface area (TPSA) is 76.2 Å². The number of ether oxygens (including phenoxy) is 2. The lowest BCUT2D eigenvalue weighted by Crippen LogP contribution is -2.50. The smallest absolute Gasteiger partial charge is 0.415 e. The molecule has 0 aromatic heterocycles. The highest BCUT2D eigenvalue weighted by atomic mass is 32.2. The number of sulfonamides is 1. The summed E-state index contributed by atoms with van der Waals surface area (Å²) in [6, 6.07) is 12.7. The van der Waals surface area contributed by atoms with Crippen LogP contribution in [0.1, 0.15) is 51.2 Å². The fourth-order valence-corrected chi connectivity index (χ4v) is 6.00. The lowest BCUT2D eigenvalue weighted by Gasteiger charge is -2.40. The molecule has 33 heavy (non-hydrogen) atoms. The molecule has 1 amide bonds. The molecule has 2 heterocycles. The van der Waals surface area contributed by atoms with Crippen molar-refractivity contribution in [2.24, 2.45) is 0 Å². The van der Waals surface area contributed by atoms with Crippen molar-refractivity contribution in [1.29, 1.82) is 0 Å². The van der Waals surface area contributed by atoms with Crippen LogP contribution >= 0.6 is 0 Å². The van der Waals surface area contributed by atoms with Gasteiger partial charge >= 0.3 is 6.09 Å². The zero-order chi connectivity index (χ0) is 23.8. The molecule has 0 aliphatic carbocycles. The first-order chi connectivity index (χ1) is 15.7. The van der Waals surface area contributed by atoms with Gasteiger partial charge in [-0.3, -0.25) is 4.90 Å². The number of fused-ring (bicyclic) bond motifs is 1. The summed E-state index contributed by atoms with van der Waals surface area (Å²) < 4.78 is 38.9. The van der Waals surface area contributed by atoms with E-state index in [-0.39, 0.29) is 18.1 Å². The van der Waals surface area contributed by atoms with Crippen LogP contribution in [-0.2, 0) is 26.8 Å². The summed E-state index contributed by atoms with van der Waals surface area (Å²) in [5, 5.41) is 0. The maximum Gasteiger partial charge on any atom is 0.415 e. The summed E-state index contributed by atoms with van der Waals surface area (Å²) in [5.41, 5.74) is 2.74. The fraction of sp³-hybridized carbons (Fsp3) is 0.480. The SMILES string of the molecule is CCC(C)(C)c1ccc(S(=O)(=O)N2CCC(N3C(=O)OCc4cccc(OC)c43)CC2)cc1. The molecule has 2 aromatic rings. The minimum atomic E-state index is -3.60. The second-order valence-corrected chi connectivity index (χ2v) is 11.2. The van der Waals surface area contributed by atoms with Crippen LogP contribution < -0.4 is 9.64 Å². The van der Waals surface area contributed by atoms with Crippen LogP contribution in [0.15, 0.2) is 47.4 Å². The molecule has 1 fully saturated rings. The quantitative estimate of drug-likeness (QED) is 0.610. The second kappa shape index (κ2) is 8.99. The predicted molar refractivity (Wildman–Crippen MR) is 127 cm³/mol. The molecule has 8 heteroatoms. The standard InChI is InChI=1S/C25H32N2O5S/c1-5-25(2,3)19-9-11-21(12-10-19)33(29,30)26-15-13-20(14-16-26)27-23-18(17-32-24(27)28)7-6-8-22(23)31-4/h6-12,20H,5,13-17H2,1-4H3. The second-order valence-electron chi connectivity index (χ2n) is 9.29. The van der Waals surface area contributed by atoms with E-state index < -0.39 is 16.1 Å². The van der Waals surface area contributed by atoms with Crippen molar-refractivity contribution in [3.63, 3.8) is 0 Å². The normalized spacial score (nSPS) is 18.1. The van der Waals surface area contributed by atoms with Crippen molar-refractivity contribution in [2.45, 2.75) is 63.0 Å². The van der Waals surface area contributed by atoms with Crippen LogP contribution in [0.2, 0.25) is 0 Å². The lowest BCUT2D eigenvalue weighted by molar-refractivity contribution is 0.135. The van der Waals surface area contributed by atoms with Gasteiger partial charge in [0.05, 0.1) is 17.7 Å². The van der Waals surface area contributed by atoms with Gasteiger partial charge < -0.3 is 9.47 Å². The van der Waals surface area contributed by atoms with Gasteiger partial charge in [-0.05, 0) is 48.4 Å². The first-order valence-electron chi connectivity index (χ1n) is 11.4. The Morgan fingerprint density at radius 1 is 1.09 bits per heavy atom. The van der Waals surface area contributed by atoms with Crippen molar-refractivity contribution >= 4 is 21.8 Å². The minimum absolute atomic E-state index is 0.00103. The third kappa shape index (κ3) is 4.34. The number of benzene rings is 2. The van der Waals surface area contributed by atoms with E-state index >= 15 is 0 Å². The number of nitrogens with zero attached hydrogens (tertiary/aromatic N) is 2. The summed E-state index contributed by atoms with van der Waals surface area (Å²) >= 11 is 0. The van der Waals surface area contributed by atoms with E-state index in [1.54, 1.807) is 24.1 Å². The molecule has 2 aromatic carbocycles. The summed E-state index contributed by atoms with van der Waals surface area (Å²) in [6.45, 7) is 7.31. The molecule has 178 valence electrons. The van der Waals surface area contributed by atoms with Gasteiger partial charge in [-0.2, -0.15) is 4.31 Å². The first-order valence-corrected chi connectivity index (χ1v) is 12.9. The summed E-state index contributed by atoms with van der Waals surface area (Å²) in [5.74, 6) is 0.620. The summed E-state index contributed by atoms with van der Waals surface area (Å²) in [6.07, 6.45) is 1.60. The predicted octanol–water partition coefficient (Wildman–Crippen LogP) is 4.69. The third-order valence-corrected chi connectivity index (χ3v) is 8.95. The van der Waals surface area contributed by atoms with E-state index in [2.05, 4.69) is 20.8 Å². The number of carbonyl (C=O) groups excluding carboxylic acids is 1. The Kier molecular flexibility index (Phi) is 6.42. The summed E-state index contributed by atoms with van der Waals surface area (Å²) in [4.78, 5) is 14.6. The Hall–Kier alpha value is -2.58. The van der Waals surface area contributed by atoms with Gasteiger partial charge in [-0.15, -0.1) is 0 Å². The molecular formula is C25H32N2O5S. The average molecular weight is 473 g/mol. The number of hydrogen-bond acceptors (Lipinski definition) is 5. The molecule has 0 unspecified atom stereocenters. The lowest BCUT2D eigenvalue weighted by atomic mass is 9.82. The van der Waals surface area contributed by atoms with E-state index in [1.165, 1.54) is 4.31 Å². The maximum atomic E-state index is 13.3. The molecule has 0 atom stereocenters. The molecule has 0 spiro atoms. The highest BCUT2D eigenvalue weighted by molar-refractivity contribution is 7.89. The number of piperidine rings is 1. The molecule has 0 saturated carbocycles. The number of amides is 1. The van der Waals surface area contributed by atoms with Crippen molar-refractivity contribution in [2.75, 3.05) is 25.1 Å². The highest BCUT2D eigenvalue weighted by Crippen LogP contribution is 2.39. The van der Waals surface area contributed by atoms with Crippen LogP contribution in [0.25, 0.3) is 0 Å². The molecule has 0 N–H and O–H groups in total. The fourth-order valence-electron chi connectivity index (χ4n) is 4.53. The van der Waals surface area contributed by atoms with Gasteiger partial charge in [0, 0.05) is 24.7 Å². The molecule has 4 rings (SSSR count). The van der Waals surface area contributed by atoms with Crippen molar-refractivity contribution in [3.05, 3.63) is 53.6 Å². The first kappa shape index (κ1) is 23.6. The van der Waals surface area contributed by atoms with Gasteiger partial charge in [-0.1, -0.05) is 45.0 Å². The van der Waals surface area contributed by atoms with E-state index in [4.69, 9.17) is 9.47 Å². The van der Waals surface area contributed by atoms with Gasteiger partial charge in [-0.25, -0.2) is 13.2 Å². The van der Waals surface area contributed by atoms with Crippen LogP contribution in [0, 0.1) is 0 Å². The highest BCUT2D eigenvalue weighted by Gasteiger charge is 2.38. The van der Waals surface area contributed by atoms with Gasteiger partial charge in [0.15, 0.2) is 0 Å². The van der Waals surface area contributed by atoms with Crippen LogP contribution in [0.5, 0.6) is 5.75 Å². The van der Waals surface area contributed by atoms with E-state index in [0.29, 0.717) is 36.6 Å². The molecule has 0 bridgehead atoms. The molecule has 2 aliphatic rings. The van der Waals surface area contributed by atoms with Gasteiger partial charge in [0.25, 0.3) is 0 Å². The Bertz CT molecular complexity index is 1110. The van der Waals surface area contributed by atoms with E-state index in [9.17, 15) is 13.2 Å². The monoisotopic (exact) mass is 472 g/mol. The zero-order valence-corrected chi connectivity index (χ0v) is 20.5. The van der Waals surface area contributed by atoms with Crippen molar-refractivity contribution < 1.29 is 22.7 Å². The number of carbonyl (C=O) groups is 1. The molecular weight excluding hydrogens is 440 g/mol. The Labute approximate surface area is 196 Å². The molecule has 7 nitrogen and oxygen atoms in total. The number of hydrogen-bond donors (Lipinski definition) is 0. The third-order valence-electron chi connectivity index (χ3n) is 7.04. The van der Waals surface area contributed by atoms with Gasteiger partial charge in [0.1, 0.15) is 12.4 Å². The Balaban J connectivity index is 1.51. The van der Waals surface area contributed by atoms with Gasteiger partial charge in [0.2, 0.25) is 10.0 Å². The number of anilines is 1. The van der Waals surface area contributed by atoms with E-state index in [0.717, 1.165) is 23.2 Å². The van der Waals surface area contributed by atoms with Crippen LogP contribution in [0.4, 0.5) is 10.5 Å². The maximum absolute atomic E-state index is 13.3. The number of rotatable bonds is 6. The van der Waals surface area contributed by atoms with E-state index in [1.807, 2.05) is 30.3 Å². The molecule has 1 saturated heterocycles. The molecule has 0 radical (unpaired) electrons. The number of methoxy groups -OCH3 is 1. The van der Waals surface area contributed by atoms with Crippen molar-refractivity contribution in [3.8, 4) is 5.75 Å². The Morgan fingerprint density at radius 3 is 2.36 bits per heavy atom. The zero-order valence-electron chi connectivity index (χ0n) is 19.7. The summed E-state index contributed by atoms with van der Waals surface area (Å²) in [7, 11) is -2.02. The van der Waals surface area contributed by atoms with Crippen LogP contribution in [0.3, 0.4) is 0 Å². The van der Waals surface area contributed by atoms with Crippen LogP contribution in [-0.4, -0.2) is 45.1 Å². The minimum Gasteiger partial charge on any atom is -0.495 e.